The quantitative estimate of drug-likeness (QED) is 0.685. The molecule has 0 bridgehead atoms. The van der Waals surface area contributed by atoms with Crippen LogP contribution in [0.15, 0.2) is 0 Å². The molecule has 1 saturated heterocycles. The van der Waals surface area contributed by atoms with Crippen molar-refractivity contribution >= 4 is 0 Å². The molecule has 0 aromatic rings. The number of hydrogen-bond donors (Lipinski definition) is 1. The van der Waals surface area contributed by atoms with E-state index >= 15 is 0 Å². The minimum Gasteiger partial charge on any atom is -0.384 e. The molecule has 1 heterocycles. The molecule has 0 aliphatic carbocycles. The third-order valence-electron chi connectivity index (χ3n) is 1.67. The lowest BCUT2D eigenvalue weighted by molar-refractivity contribution is -0.163. The summed E-state index contributed by atoms with van der Waals surface area (Å²) in [5.74, 6) is -0.861. The molecule has 2 atom stereocenters. The summed E-state index contributed by atoms with van der Waals surface area (Å²) in [6.07, 6.45) is -5.46. The second-order valence-electron chi connectivity index (χ2n) is 3.19. The minimum absolute atomic E-state index is 0.0124. The molecule has 0 amide bonds. The van der Waals surface area contributed by atoms with E-state index in [0.29, 0.717) is 0 Å². The molecule has 0 saturated carbocycles. The first kappa shape index (κ1) is 9.83. The molecule has 1 rings (SSSR count). The number of hydrogen-bond acceptors (Lipinski definition) is 3. The van der Waals surface area contributed by atoms with Crippen molar-refractivity contribution in [1.29, 1.82) is 0 Å². The topological polar surface area (TPSA) is 38.7 Å². The van der Waals surface area contributed by atoms with E-state index in [1.165, 1.54) is 0 Å². The van der Waals surface area contributed by atoms with Gasteiger partial charge in [0.2, 0.25) is 0 Å². The van der Waals surface area contributed by atoms with Gasteiger partial charge >= 0.3 is 0 Å². The van der Waals surface area contributed by atoms with Gasteiger partial charge in [-0.2, -0.15) is 0 Å². The summed E-state index contributed by atoms with van der Waals surface area (Å²) >= 11 is 0. The zero-order valence-corrected chi connectivity index (χ0v) is 6.96. The lowest BCUT2D eigenvalue weighted by Crippen LogP contribution is -2.35. The number of halogens is 2. The molecule has 1 fully saturated rings. The van der Waals surface area contributed by atoms with Gasteiger partial charge in [0.25, 0.3) is 6.43 Å². The van der Waals surface area contributed by atoms with Crippen LogP contribution in [-0.4, -0.2) is 36.1 Å². The van der Waals surface area contributed by atoms with Crippen LogP contribution in [0.5, 0.6) is 0 Å². The molecule has 1 N–H and O–H groups in total. The zero-order valence-electron chi connectivity index (χ0n) is 6.96. The number of aliphatic hydroxyl groups excluding tert-OH is 1. The summed E-state index contributed by atoms with van der Waals surface area (Å²) in [4.78, 5) is 0. The van der Waals surface area contributed by atoms with E-state index < -0.39 is 24.4 Å². The first-order valence-corrected chi connectivity index (χ1v) is 3.70. The molecule has 0 radical (unpaired) electrons. The van der Waals surface area contributed by atoms with Crippen LogP contribution in [0.25, 0.3) is 0 Å². The number of ether oxygens (including phenoxy) is 2. The van der Waals surface area contributed by atoms with Crippen LogP contribution in [0.4, 0.5) is 8.78 Å². The summed E-state index contributed by atoms with van der Waals surface area (Å²) in [7, 11) is 0. The summed E-state index contributed by atoms with van der Waals surface area (Å²) in [6, 6.07) is 0. The fraction of sp³-hybridized carbons (Fsp3) is 1.00. The van der Waals surface area contributed by atoms with E-state index in [1.54, 1.807) is 13.8 Å². The van der Waals surface area contributed by atoms with Crippen LogP contribution < -0.4 is 0 Å². The van der Waals surface area contributed by atoms with Crippen LogP contribution >= 0.6 is 0 Å². The van der Waals surface area contributed by atoms with Gasteiger partial charge in [-0.05, 0) is 13.8 Å². The van der Waals surface area contributed by atoms with Crippen LogP contribution in [0.3, 0.4) is 0 Å². The molecule has 1 aliphatic rings. The Bertz CT molecular complexity index is 161. The van der Waals surface area contributed by atoms with Gasteiger partial charge in [-0.25, -0.2) is 8.78 Å². The van der Waals surface area contributed by atoms with Crippen LogP contribution in [0.2, 0.25) is 0 Å². The van der Waals surface area contributed by atoms with Gasteiger partial charge in [0.15, 0.2) is 5.79 Å². The fourth-order valence-corrected chi connectivity index (χ4v) is 1.05. The third kappa shape index (κ3) is 2.12. The number of aliphatic hydroxyl groups is 1. The summed E-state index contributed by atoms with van der Waals surface area (Å²) in [5.41, 5.74) is 0. The van der Waals surface area contributed by atoms with Crippen molar-refractivity contribution in [3.05, 3.63) is 0 Å². The maximum Gasteiger partial charge on any atom is 0.266 e. The molecule has 72 valence electrons. The van der Waals surface area contributed by atoms with Gasteiger partial charge in [0, 0.05) is 0 Å². The Kier molecular flexibility index (Phi) is 2.65. The average Bonchev–Trinajstić information content (AvgIpc) is 2.28. The Hall–Kier alpha value is -0.260. The van der Waals surface area contributed by atoms with Gasteiger partial charge in [-0.3, -0.25) is 0 Å². The van der Waals surface area contributed by atoms with Gasteiger partial charge in [0.05, 0.1) is 6.61 Å². The van der Waals surface area contributed by atoms with Crippen LogP contribution in [0.1, 0.15) is 13.8 Å². The molecule has 12 heavy (non-hydrogen) atoms. The second-order valence-corrected chi connectivity index (χ2v) is 3.19. The SMILES string of the molecule is CC1(C)OCC(C(O)C(F)F)O1. The normalized spacial score (nSPS) is 31.0. The first-order chi connectivity index (χ1) is 5.42. The summed E-state index contributed by atoms with van der Waals surface area (Å²) in [5, 5.41) is 8.90. The Morgan fingerprint density at radius 2 is 2.08 bits per heavy atom. The molecule has 1 aliphatic heterocycles. The molecule has 2 unspecified atom stereocenters. The summed E-state index contributed by atoms with van der Waals surface area (Å²) < 4.78 is 33.9. The molecular formula is C7H12F2O3. The van der Waals surface area contributed by atoms with Gasteiger partial charge in [0.1, 0.15) is 12.2 Å². The van der Waals surface area contributed by atoms with Crippen molar-refractivity contribution in [1.82, 2.24) is 0 Å². The standard InChI is InChI=1S/C7H12F2O3/c1-7(2)11-3-4(12-7)5(10)6(8)9/h4-6,10H,3H2,1-2H3. The van der Waals surface area contributed by atoms with Gasteiger partial charge in [-0.15, -0.1) is 0 Å². The number of alkyl halides is 2. The van der Waals surface area contributed by atoms with Crippen molar-refractivity contribution < 1.29 is 23.4 Å². The highest BCUT2D eigenvalue weighted by Crippen LogP contribution is 2.25. The monoisotopic (exact) mass is 182 g/mol. The third-order valence-corrected chi connectivity index (χ3v) is 1.67. The lowest BCUT2D eigenvalue weighted by atomic mass is 10.2. The average molecular weight is 182 g/mol. The Morgan fingerprint density at radius 3 is 2.42 bits per heavy atom. The van der Waals surface area contributed by atoms with E-state index in [1.807, 2.05) is 0 Å². The highest BCUT2D eigenvalue weighted by molar-refractivity contribution is 4.78. The molecular weight excluding hydrogens is 170 g/mol. The largest absolute Gasteiger partial charge is 0.384 e. The predicted octanol–water partition coefficient (Wildman–Crippen LogP) is 0.764. The van der Waals surface area contributed by atoms with Gasteiger partial charge in [-0.1, -0.05) is 0 Å². The molecule has 0 aromatic heterocycles. The maximum absolute atomic E-state index is 11.9. The zero-order chi connectivity index (χ0) is 9.35. The molecule has 0 aromatic carbocycles. The molecule has 3 nitrogen and oxygen atoms in total. The van der Waals surface area contributed by atoms with E-state index in [0.717, 1.165) is 0 Å². The minimum atomic E-state index is -2.78. The Morgan fingerprint density at radius 1 is 1.50 bits per heavy atom. The van der Waals surface area contributed by atoms with Crippen molar-refractivity contribution in [2.45, 2.75) is 38.3 Å². The molecule has 0 spiro atoms. The van der Waals surface area contributed by atoms with E-state index in [4.69, 9.17) is 14.6 Å². The number of rotatable bonds is 2. The first-order valence-electron chi connectivity index (χ1n) is 3.70. The Labute approximate surface area is 69.3 Å². The van der Waals surface area contributed by atoms with Crippen molar-refractivity contribution in [3.8, 4) is 0 Å². The Balaban J connectivity index is 2.47. The second kappa shape index (κ2) is 3.24. The van der Waals surface area contributed by atoms with E-state index in [2.05, 4.69) is 0 Å². The van der Waals surface area contributed by atoms with Crippen LogP contribution in [-0.2, 0) is 9.47 Å². The fourth-order valence-electron chi connectivity index (χ4n) is 1.05. The van der Waals surface area contributed by atoms with Crippen LogP contribution in [0, 0.1) is 0 Å². The summed E-state index contributed by atoms with van der Waals surface area (Å²) in [6.45, 7) is 3.24. The van der Waals surface area contributed by atoms with Crippen molar-refractivity contribution in [2.75, 3.05) is 6.61 Å². The van der Waals surface area contributed by atoms with Gasteiger partial charge < -0.3 is 14.6 Å². The maximum atomic E-state index is 11.9. The van der Waals surface area contributed by atoms with Crippen molar-refractivity contribution in [2.24, 2.45) is 0 Å². The predicted molar refractivity (Wildman–Crippen MR) is 36.9 cm³/mol. The smallest absolute Gasteiger partial charge is 0.266 e. The van der Waals surface area contributed by atoms with E-state index in [9.17, 15) is 8.78 Å². The highest BCUT2D eigenvalue weighted by Gasteiger charge is 2.40. The molecule has 5 heteroatoms. The lowest BCUT2D eigenvalue weighted by Gasteiger charge is -2.19. The van der Waals surface area contributed by atoms with E-state index in [-0.39, 0.29) is 6.61 Å². The highest BCUT2D eigenvalue weighted by atomic mass is 19.3. The van der Waals surface area contributed by atoms with Crippen molar-refractivity contribution in [3.63, 3.8) is 0 Å².